The molecule has 0 spiro atoms. The standard InChI is InChI=1S/C15H25N3/c1-12-6-7-13(9-15(12)16)10-18(3)14-5-4-8-17(2)11-14/h6-7,9,14H,4-5,8,10-11,16H2,1-3H3. The van der Waals surface area contributed by atoms with Gasteiger partial charge < -0.3 is 10.6 Å². The third kappa shape index (κ3) is 3.24. The number of nitrogen functional groups attached to an aromatic ring is 1. The van der Waals surface area contributed by atoms with Gasteiger partial charge >= 0.3 is 0 Å². The van der Waals surface area contributed by atoms with Gasteiger partial charge in [-0.25, -0.2) is 0 Å². The maximum Gasteiger partial charge on any atom is 0.0346 e. The molecule has 0 aliphatic carbocycles. The molecule has 0 amide bonds. The number of aryl methyl sites for hydroxylation is 1. The van der Waals surface area contributed by atoms with Crippen molar-refractivity contribution >= 4 is 5.69 Å². The highest BCUT2D eigenvalue weighted by Gasteiger charge is 2.20. The van der Waals surface area contributed by atoms with Crippen molar-refractivity contribution in [1.29, 1.82) is 0 Å². The van der Waals surface area contributed by atoms with Gasteiger partial charge in [-0.15, -0.1) is 0 Å². The summed E-state index contributed by atoms with van der Waals surface area (Å²) in [5, 5.41) is 0. The number of rotatable bonds is 3. The Bertz CT molecular complexity index is 403. The number of hydrogen-bond donors (Lipinski definition) is 1. The minimum absolute atomic E-state index is 0.672. The first kappa shape index (κ1) is 13.4. The van der Waals surface area contributed by atoms with Crippen molar-refractivity contribution in [3.05, 3.63) is 29.3 Å². The Hall–Kier alpha value is -1.06. The van der Waals surface area contributed by atoms with Crippen LogP contribution in [0.2, 0.25) is 0 Å². The molecule has 2 N–H and O–H groups in total. The minimum Gasteiger partial charge on any atom is -0.399 e. The molecule has 1 saturated heterocycles. The lowest BCUT2D eigenvalue weighted by molar-refractivity contribution is 0.129. The molecule has 100 valence electrons. The van der Waals surface area contributed by atoms with Crippen LogP contribution in [0, 0.1) is 6.92 Å². The average Bonchev–Trinajstić information content (AvgIpc) is 2.34. The Labute approximate surface area is 111 Å². The van der Waals surface area contributed by atoms with Crippen LogP contribution < -0.4 is 5.73 Å². The van der Waals surface area contributed by atoms with Gasteiger partial charge in [0.05, 0.1) is 0 Å². The third-order valence-electron chi connectivity index (χ3n) is 4.00. The summed E-state index contributed by atoms with van der Waals surface area (Å²) < 4.78 is 0. The zero-order valence-corrected chi connectivity index (χ0v) is 11.8. The van der Waals surface area contributed by atoms with Gasteiger partial charge in [-0.1, -0.05) is 12.1 Å². The fourth-order valence-electron chi connectivity index (χ4n) is 2.70. The molecule has 1 aliphatic heterocycles. The van der Waals surface area contributed by atoms with E-state index in [2.05, 4.69) is 49.0 Å². The maximum absolute atomic E-state index is 5.97. The molecule has 1 fully saturated rings. The number of hydrogen-bond acceptors (Lipinski definition) is 3. The van der Waals surface area contributed by atoms with Crippen molar-refractivity contribution in [2.75, 3.05) is 32.9 Å². The van der Waals surface area contributed by atoms with Gasteiger partial charge in [-0.2, -0.15) is 0 Å². The second-order valence-corrected chi connectivity index (χ2v) is 5.66. The summed E-state index contributed by atoms with van der Waals surface area (Å²) >= 11 is 0. The molecule has 3 heteroatoms. The molecular formula is C15H25N3. The van der Waals surface area contributed by atoms with Crippen molar-refractivity contribution in [2.45, 2.75) is 32.4 Å². The predicted molar refractivity (Wildman–Crippen MR) is 77.6 cm³/mol. The normalized spacial score (nSPS) is 21.4. The summed E-state index contributed by atoms with van der Waals surface area (Å²) in [6, 6.07) is 7.09. The van der Waals surface area contributed by atoms with Gasteiger partial charge in [-0.05, 0) is 57.6 Å². The van der Waals surface area contributed by atoms with Gasteiger partial charge in [0, 0.05) is 24.8 Å². The Morgan fingerprint density at radius 3 is 2.89 bits per heavy atom. The maximum atomic E-state index is 5.97. The molecule has 1 aromatic carbocycles. The van der Waals surface area contributed by atoms with E-state index in [9.17, 15) is 0 Å². The van der Waals surface area contributed by atoms with Crippen LogP contribution >= 0.6 is 0 Å². The van der Waals surface area contributed by atoms with E-state index in [0.717, 1.165) is 12.2 Å². The predicted octanol–water partition coefficient (Wildman–Crippen LogP) is 2.10. The average molecular weight is 247 g/mol. The molecule has 1 aromatic rings. The number of nitrogens with zero attached hydrogens (tertiary/aromatic N) is 2. The summed E-state index contributed by atoms with van der Waals surface area (Å²) in [7, 11) is 4.43. The van der Waals surface area contributed by atoms with Crippen LogP contribution in [0.15, 0.2) is 18.2 Å². The van der Waals surface area contributed by atoms with E-state index in [4.69, 9.17) is 5.73 Å². The van der Waals surface area contributed by atoms with Crippen LogP contribution in [-0.2, 0) is 6.54 Å². The van der Waals surface area contributed by atoms with Gasteiger partial charge in [0.2, 0.25) is 0 Å². The van der Waals surface area contributed by atoms with Gasteiger partial charge in [-0.3, -0.25) is 4.90 Å². The van der Waals surface area contributed by atoms with Crippen molar-refractivity contribution < 1.29 is 0 Å². The molecule has 1 heterocycles. The highest BCUT2D eigenvalue weighted by Crippen LogP contribution is 2.18. The van der Waals surface area contributed by atoms with Crippen LogP contribution in [0.3, 0.4) is 0 Å². The largest absolute Gasteiger partial charge is 0.399 e. The number of likely N-dealkylation sites (tertiary alicyclic amines) is 1. The Morgan fingerprint density at radius 2 is 2.22 bits per heavy atom. The van der Waals surface area contributed by atoms with Crippen molar-refractivity contribution in [3.8, 4) is 0 Å². The first-order valence-electron chi connectivity index (χ1n) is 6.80. The SMILES string of the molecule is Cc1ccc(CN(C)C2CCCN(C)C2)cc1N. The third-order valence-corrected chi connectivity index (χ3v) is 4.00. The molecule has 0 saturated carbocycles. The number of piperidine rings is 1. The van der Waals surface area contributed by atoms with Crippen LogP contribution in [-0.4, -0.2) is 43.0 Å². The second kappa shape index (κ2) is 5.72. The molecular weight excluding hydrogens is 222 g/mol. The first-order valence-corrected chi connectivity index (χ1v) is 6.80. The first-order chi connectivity index (χ1) is 8.56. The van der Waals surface area contributed by atoms with Crippen molar-refractivity contribution in [1.82, 2.24) is 9.80 Å². The fraction of sp³-hybridized carbons (Fsp3) is 0.600. The van der Waals surface area contributed by atoms with Gasteiger partial charge in [0.15, 0.2) is 0 Å². The van der Waals surface area contributed by atoms with E-state index in [1.54, 1.807) is 0 Å². The Balaban J connectivity index is 1.97. The molecule has 3 nitrogen and oxygen atoms in total. The van der Waals surface area contributed by atoms with Crippen molar-refractivity contribution in [3.63, 3.8) is 0 Å². The monoisotopic (exact) mass is 247 g/mol. The zero-order chi connectivity index (χ0) is 13.1. The fourth-order valence-corrected chi connectivity index (χ4v) is 2.70. The highest BCUT2D eigenvalue weighted by molar-refractivity contribution is 5.48. The highest BCUT2D eigenvalue weighted by atomic mass is 15.2. The zero-order valence-electron chi connectivity index (χ0n) is 11.8. The molecule has 1 atom stereocenters. The van der Waals surface area contributed by atoms with E-state index in [-0.39, 0.29) is 0 Å². The minimum atomic E-state index is 0.672. The van der Waals surface area contributed by atoms with E-state index in [1.807, 2.05) is 0 Å². The lowest BCUT2D eigenvalue weighted by Crippen LogP contribution is -2.44. The summed E-state index contributed by atoms with van der Waals surface area (Å²) in [5.41, 5.74) is 9.35. The molecule has 18 heavy (non-hydrogen) atoms. The molecule has 0 radical (unpaired) electrons. The van der Waals surface area contributed by atoms with E-state index in [1.165, 1.54) is 37.1 Å². The molecule has 1 unspecified atom stereocenters. The van der Waals surface area contributed by atoms with Gasteiger partial charge in [0.25, 0.3) is 0 Å². The summed E-state index contributed by atoms with van der Waals surface area (Å²) in [4.78, 5) is 4.88. The molecule has 0 bridgehead atoms. The number of likely N-dealkylation sites (N-methyl/N-ethyl adjacent to an activating group) is 2. The number of anilines is 1. The van der Waals surface area contributed by atoms with Crippen LogP contribution in [0.25, 0.3) is 0 Å². The smallest absolute Gasteiger partial charge is 0.0346 e. The molecule has 1 aliphatic rings. The van der Waals surface area contributed by atoms with Crippen molar-refractivity contribution in [2.24, 2.45) is 0 Å². The lowest BCUT2D eigenvalue weighted by Gasteiger charge is -2.36. The quantitative estimate of drug-likeness (QED) is 0.830. The van der Waals surface area contributed by atoms with E-state index < -0.39 is 0 Å². The van der Waals surface area contributed by atoms with Gasteiger partial charge in [0.1, 0.15) is 0 Å². The van der Waals surface area contributed by atoms with Crippen LogP contribution in [0.4, 0.5) is 5.69 Å². The Kier molecular flexibility index (Phi) is 4.25. The summed E-state index contributed by atoms with van der Waals surface area (Å²) in [5.74, 6) is 0. The van der Waals surface area contributed by atoms with Crippen LogP contribution in [0.1, 0.15) is 24.0 Å². The van der Waals surface area contributed by atoms with E-state index >= 15 is 0 Å². The topological polar surface area (TPSA) is 32.5 Å². The second-order valence-electron chi connectivity index (χ2n) is 5.66. The lowest BCUT2D eigenvalue weighted by atomic mass is 10.0. The number of nitrogens with two attached hydrogens (primary N) is 1. The summed E-state index contributed by atoms with van der Waals surface area (Å²) in [6.45, 7) is 5.46. The Morgan fingerprint density at radius 1 is 1.44 bits per heavy atom. The summed E-state index contributed by atoms with van der Waals surface area (Å²) in [6.07, 6.45) is 2.61. The van der Waals surface area contributed by atoms with Crippen LogP contribution in [0.5, 0.6) is 0 Å². The number of benzene rings is 1. The molecule has 0 aromatic heterocycles. The molecule has 2 rings (SSSR count). The van der Waals surface area contributed by atoms with E-state index in [0.29, 0.717) is 6.04 Å².